The van der Waals surface area contributed by atoms with E-state index in [0.29, 0.717) is 18.0 Å². The maximum absolute atomic E-state index is 12.1. The van der Waals surface area contributed by atoms with Crippen LogP contribution in [0.15, 0.2) is 42.5 Å². The number of carbonyl (C=O) groups excluding carboxylic acids is 1. The van der Waals surface area contributed by atoms with Crippen molar-refractivity contribution in [3.63, 3.8) is 0 Å². The third kappa shape index (κ3) is 3.80. The van der Waals surface area contributed by atoms with E-state index < -0.39 is 0 Å². The van der Waals surface area contributed by atoms with E-state index in [9.17, 15) is 4.79 Å². The fourth-order valence-electron chi connectivity index (χ4n) is 3.00. The maximum atomic E-state index is 12.1. The molecule has 1 heterocycles. The van der Waals surface area contributed by atoms with E-state index in [1.54, 1.807) is 0 Å². The van der Waals surface area contributed by atoms with Crippen LogP contribution in [0, 0.1) is 13.8 Å². The summed E-state index contributed by atoms with van der Waals surface area (Å²) in [5.41, 5.74) is 5.81. The van der Waals surface area contributed by atoms with Crippen molar-refractivity contribution in [2.45, 2.75) is 26.7 Å². The van der Waals surface area contributed by atoms with E-state index in [1.165, 1.54) is 22.2 Å². The van der Waals surface area contributed by atoms with E-state index in [0.717, 1.165) is 17.5 Å². The van der Waals surface area contributed by atoms with Gasteiger partial charge >= 0.3 is 0 Å². The summed E-state index contributed by atoms with van der Waals surface area (Å²) in [5.74, 6) is 0.0333. The van der Waals surface area contributed by atoms with Crippen LogP contribution in [0.1, 0.15) is 22.4 Å². The molecular formula is C20H21ClN2O. The first-order valence-corrected chi connectivity index (χ1v) is 8.49. The molecule has 3 aromatic rings. The molecule has 0 aliphatic rings. The molecule has 1 aromatic heterocycles. The molecule has 3 rings (SSSR count). The highest BCUT2D eigenvalue weighted by molar-refractivity contribution is 6.30. The summed E-state index contributed by atoms with van der Waals surface area (Å²) in [6, 6.07) is 13.8. The number of aryl methyl sites for hydroxylation is 2. The number of hydrogen-bond donors (Lipinski definition) is 2. The van der Waals surface area contributed by atoms with E-state index in [4.69, 9.17) is 11.6 Å². The number of halogens is 1. The van der Waals surface area contributed by atoms with Crippen molar-refractivity contribution in [3.05, 3.63) is 69.9 Å². The van der Waals surface area contributed by atoms with Gasteiger partial charge in [-0.2, -0.15) is 0 Å². The minimum atomic E-state index is 0.0333. The second-order valence-corrected chi connectivity index (χ2v) is 6.62. The number of fused-ring (bicyclic) bond motifs is 1. The third-order valence-electron chi connectivity index (χ3n) is 4.25. The van der Waals surface area contributed by atoms with Crippen molar-refractivity contribution in [3.8, 4) is 0 Å². The number of rotatable bonds is 5. The number of H-pyrrole nitrogens is 1. The average molecular weight is 341 g/mol. The fourth-order valence-corrected chi connectivity index (χ4v) is 3.12. The fraction of sp³-hybridized carbons (Fsp3) is 0.250. The SMILES string of the molecule is Cc1ccc2[nH]c(C)c(CCNC(=O)Cc3ccc(Cl)cc3)c2c1. The summed E-state index contributed by atoms with van der Waals surface area (Å²) < 4.78 is 0. The zero-order valence-corrected chi connectivity index (χ0v) is 14.7. The zero-order chi connectivity index (χ0) is 17.1. The third-order valence-corrected chi connectivity index (χ3v) is 4.50. The van der Waals surface area contributed by atoms with E-state index >= 15 is 0 Å². The van der Waals surface area contributed by atoms with Crippen LogP contribution in [0.3, 0.4) is 0 Å². The van der Waals surface area contributed by atoms with Crippen molar-refractivity contribution in [1.82, 2.24) is 10.3 Å². The van der Waals surface area contributed by atoms with Crippen LogP contribution >= 0.6 is 11.6 Å². The van der Waals surface area contributed by atoms with Crippen LogP contribution in [0.4, 0.5) is 0 Å². The zero-order valence-electron chi connectivity index (χ0n) is 13.9. The number of aromatic nitrogens is 1. The predicted molar refractivity (Wildman–Crippen MR) is 99.6 cm³/mol. The molecule has 1 amide bonds. The Hall–Kier alpha value is -2.26. The molecule has 2 N–H and O–H groups in total. The van der Waals surface area contributed by atoms with Gasteiger partial charge in [0.25, 0.3) is 0 Å². The van der Waals surface area contributed by atoms with Gasteiger partial charge < -0.3 is 10.3 Å². The first kappa shape index (κ1) is 16.6. The highest BCUT2D eigenvalue weighted by Crippen LogP contribution is 2.23. The molecule has 0 aliphatic heterocycles. The molecule has 124 valence electrons. The Balaban J connectivity index is 1.60. The largest absolute Gasteiger partial charge is 0.358 e. The molecule has 0 bridgehead atoms. The number of nitrogens with one attached hydrogen (secondary N) is 2. The van der Waals surface area contributed by atoms with Crippen molar-refractivity contribution in [1.29, 1.82) is 0 Å². The molecule has 4 heteroatoms. The summed E-state index contributed by atoms with van der Waals surface area (Å²) in [6.07, 6.45) is 1.20. The number of amides is 1. The maximum Gasteiger partial charge on any atom is 0.224 e. The van der Waals surface area contributed by atoms with Crippen molar-refractivity contribution < 1.29 is 4.79 Å². The number of benzene rings is 2. The summed E-state index contributed by atoms with van der Waals surface area (Å²) in [5, 5.41) is 4.94. The molecule has 0 atom stereocenters. The standard InChI is InChI=1S/C20H21ClN2O/c1-13-3-8-19-18(11-13)17(14(2)23-19)9-10-22-20(24)12-15-4-6-16(21)7-5-15/h3-8,11,23H,9-10,12H2,1-2H3,(H,22,24). The second-order valence-electron chi connectivity index (χ2n) is 6.18. The normalized spacial score (nSPS) is 11.0. The number of aromatic amines is 1. The van der Waals surface area contributed by atoms with Crippen LogP contribution in [-0.2, 0) is 17.6 Å². The smallest absolute Gasteiger partial charge is 0.224 e. The summed E-state index contributed by atoms with van der Waals surface area (Å²) >= 11 is 5.86. The Bertz CT molecular complexity index is 865. The lowest BCUT2D eigenvalue weighted by Crippen LogP contribution is -2.27. The van der Waals surface area contributed by atoms with Gasteiger partial charge in [-0.05, 0) is 55.7 Å². The molecule has 0 fully saturated rings. The van der Waals surface area contributed by atoms with E-state index in [-0.39, 0.29) is 5.91 Å². The van der Waals surface area contributed by atoms with Gasteiger partial charge in [0, 0.05) is 28.2 Å². The Morgan fingerprint density at radius 1 is 1.12 bits per heavy atom. The van der Waals surface area contributed by atoms with Gasteiger partial charge in [-0.3, -0.25) is 4.79 Å². The lowest BCUT2D eigenvalue weighted by atomic mass is 10.1. The first-order chi connectivity index (χ1) is 11.5. The van der Waals surface area contributed by atoms with Gasteiger partial charge in [-0.15, -0.1) is 0 Å². The molecule has 0 saturated heterocycles. The van der Waals surface area contributed by atoms with E-state index in [2.05, 4.69) is 42.3 Å². The monoisotopic (exact) mass is 340 g/mol. The summed E-state index contributed by atoms with van der Waals surface area (Å²) in [6.45, 7) is 4.81. The van der Waals surface area contributed by atoms with Gasteiger partial charge in [0.15, 0.2) is 0 Å². The Morgan fingerprint density at radius 2 is 1.88 bits per heavy atom. The van der Waals surface area contributed by atoms with Gasteiger partial charge in [0.2, 0.25) is 5.91 Å². The van der Waals surface area contributed by atoms with Crippen LogP contribution < -0.4 is 5.32 Å². The molecule has 3 nitrogen and oxygen atoms in total. The van der Waals surface area contributed by atoms with E-state index in [1.807, 2.05) is 24.3 Å². The number of carbonyl (C=O) groups is 1. The minimum Gasteiger partial charge on any atom is -0.358 e. The molecule has 0 spiro atoms. The molecule has 0 radical (unpaired) electrons. The summed E-state index contributed by atoms with van der Waals surface area (Å²) in [7, 11) is 0. The molecule has 0 unspecified atom stereocenters. The number of hydrogen-bond acceptors (Lipinski definition) is 1. The van der Waals surface area contributed by atoms with Crippen LogP contribution in [-0.4, -0.2) is 17.4 Å². The van der Waals surface area contributed by atoms with Gasteiger partial charge in [-0.1, -0.05) is 35.4 Å². The van der Waals surface area contributed by atoms with Crippen LogP contribution in [0.25, 0.3) is 10.9 Å². The van der Waals surface area contributed by atoms with Crippen LogP contribution in [0.5, 0.6) is 0 Å². The predicted octanol–water partition coefficient (Wildman–Crippen LogP) is 4.34. The minimum absolute atomic E-state index is 0.0333. The average Bonchev–Trinajstić information content (AvgIpc) is 2.85. The van der Waals surface area contributed by atoms with Crippen LogP contribution in [0.2, 0.25) is 5.02 Å². The quantitative estimate of drug-likeness (QED) is 0.713. The topological polar surface area (TPSA) is 44.9 Å². The molecule has 0 aliphatic carbocycles. The molecule has 0 saturated carbocycles. The van der Waals surface area contributed by atoms with Crippen molar-refractivity contribution in [2.75, 3.05) is 6.54 Å². The Labute approximate surface area is 147 Å². The Morgan fingerprint density at radius 3 is 2.62 bits per heavy atom. The van der Waals surface area contributed by atoms with Gasteiger partial charge in [0.05, 0.1) is 6.42 Å². The highest BCUT2D eigenvalue weighted by atomic mass is 35.5. The molecule has 2 aromatic carbocycles. The molecule has 24 heavy (non-hydrogen) atoms. The second kappa shape index (κ2) is 7.10. The van der Waals surface area contributed by atoms with Crippen molar-refractivity contribution >= 4 is 28.4 Å². The van der Waals surface area contributed by atoms with Gasteiger partial charge in [0.1, 0.15) is 0 Å². The summed E-state index contributed by atoms with van der Waals surface area (Å²) in [4.78, 5) is 15.5. The Kier molecular flexibility index (Phi) is 4.91. The highest BCUT2D eigenvalue weighted by Gasteiger charge is 2.09. The van der Waals surface area contributed by atoms with Crippen molar-refractivity contribution in [2.24, 2.45) is 0 Å². The van der Waals surface area contributed by atoms with Gasteiger partial charge in [-0.25, -0.2) is 0 Å². The first-order valence-electron chi connectivity index (χ1n) is 8.12. The molecular weight excluding hydrogens is 320 g/mol. The lowest BCUT2D eigenvalue weighted by molar-refractivity contribution is -0.120. The lowest BCUT2D eigenvalue weighted by Gasteiger charge is -2.06.